The van der Waals surface area contributed by atoms with Crippen LogP contribution in [0.3, 0.4) is 0 Å². The van der Waals surface area contributed by atoms with E-state index >= 15 is 0 Å². The molecule has 204 valence electrons. The van der Waals surface area contributed by atoms with Crippen LogP contribution in [0.1, 0.15) is 37.9 Å². The normalized spacial score (nSPS) is 14.9. The number of esters is 2. The maximum absolute atomic E-state index is 13.9. The number of allylic oxidation sites excluding steroid dienone is 1. The number of thiazole rings is 1. The number of carbonyl (C=O) groups is 2. The van der Waals surface area contributed by atoms with Crippen molar-refractivity contribution < 1.29 is 28.5 Å². The van der Waals surface area contributed by atoms with Gasteiger partial charge in [0.2, 0.25) is 0 Å². The summed E-state index contributed by atoms with van der Waals surface area (Å²) in [4.78, 5) is 43.8. The Morgan fingerprint density at radius 2 is 1.85 bits per heavy atom. The van der Waals surface area contributed by atoms with E-state index in [2.05, 4.69) is 4.99 Å². The third kappa shape index (κ3) is 5.76. The molecule has 1 aliphatic heterocycles. The lowest BCUT2D eigenvalue weighted by molar-refractivity contribution is -0.145. The number of aromatic nitrogens is 1. The number of methoxy groups -OCH3 is 1. The molecular formula is C28H27ClN2O7S. The number of nitrogens with zero attached hydrogens (tertiary/aromatic N) is 2. The topological polar surface area (TPSA) is 105 Å². The third-order valence-corrected chi connectivity index (χ3v) is 7.20. The summed E-state index contributed by atoms with van der Waals surface area (Å²) in [7, 11) is 1.48. The zero-order valence-corrected chi connectivity index (χ0v) is 23.4. The van der Waals surface area contributed by atoms with E-state index in [1.54, 1.807) is 69.3 Å². The Balaban J connectivity index is 1.90. The van der Waals surface area contributed by atoms with Crippen molar-refractivity contribution in [1.29, 1.82) is 0 Å². The van der Waals surface area contributed by atoms with Gasteiger partial charge in [-0.2, -0.15) is 0 Å². The molecule has 0 saturated heterocycles. The van der Waals surface area contributed by atoms with Crippen molar-refractivity contribution in [1.82, 2.24) is 4.57 Å². The first-order valence-electron chi connectivity index (χ1n) is 12.2. The number of rotatable bonds is 9. The molecule has 11 heteroatoms. The van der Waals surface area contributed by atoms with Crippen molar-refractivity contribution >= 4 is 41.0 Å². The van der Waals surface area contributed by atoms with Crippen LogP contribution in [0.5, 0.6) is 11.5 Å². The molecule has 0 unspecified atom stereocenters. The zero-order chi connectivity index (χ0) is 28.1. The number of halogens is 1. The summed E-state index contributed by atoms with van der Waals surface area (Å²) in [5.41, 5.74) is 1.38. The molecular weight excluding hydrogens is 544 g/mol. The fraction of sp³-hybridized carbons (Fsp3) is 0.286. The van der Waals surface area contributed by atoms with E-state index in [4.69, 9.17) is 30.5 Å². The van der Waals surface area contributed by atoms with Crippen molar-refractivity contribution in [2.45, 2.75) is 26.8 Å². The quantitative estimate of drug-likeness (QED) is 0.363. The average Bonchev–Trinajstić information content (AvgIpc) is 3.21. The van der Waals surface area contributed by atoms with Crippen molar-refractivity contribution in [3.05, 3.63) is 89.6 Å². The molecule has 1 aliphatic rings. The molecule has 0 fully saturated rings. The van der Waals surface area contributed by atoms with E-state index in [1.165, 1.54) is 11.7 Å². The summed E-state index contributed by atoms with van der Waals surface area (Å²) in [6.07, 6.45) is 1.64. The van der Waals surface area contributed by atoms with Crippen LogP contribution in [-0.4, -0.2) is 43.4 Å². The van der Waals surface area contributed by atoms with E-state index < -0.39 is 18.0 Å². The lowest BCUT2D eigenvalue weighted by atomic mass is 9.96. The van der Waals surface area contributed by atoms with Crippen LogP contribution in [-0.2, 0) is 19.1 Å². The van der Waals surface area contributed by atoms with Gasteiger partial charge < -0.3 is 18.9 Å². The van der Waals surface area contributed by atoms with E-state index in [0.717, 1.165) is 11.3 Å². The summed E-state index contributed by atoms with van der Waals surface area (Å²) < 4.78 is 23.2. The largest absolute Gasteiger partial charge is 0.493 e. The molecule has 1 aromatic heterocycles. The van der Waals surface area contributed by atoms with Gasteiger partial charge in [0.1, 0.15) is 6.04 Å². The lowest BCUT2D eigenvalue weighted by Crippen LogP contribution is -2.40. The minimum Gasteiger partial charge on any atom is -0.493 e. The van der Waals surface area contributed by atoms with Gasteiger partial charge in [-0.25, -0.2) is 14.6 Å². The molecule has 0 spiro atoms. The van der Waals surface area contributed by atoms with Gasteiger partial charge in [0.25, 0.3) is 5.56 Å². The maximum atomic E-state index is 13.9. The predicted molar refractivity (Wildman–Crippen MR) is 147 cm³/mol. The molecule has 0 amide bonds. The summed E-state index contributed by atoms with van der Waals surface area (Å²) in [5.74, 6) is -0.434. The number of hydrogen-bond acceptors (Lipinski definition) is 9. The molecule has 9 nitrogen and oxygen atoms in total. The first-order valence-corrected chi connectivity index (χ1v) is 13.4. The predicted octanol–water partition coefficient (Wildman–Crippen LogP) is 3.40. The summed E-state index contributed by atoms with van der Waals surface area (Å²) in [5, 5.41) is 0.399. The Hall–Kier alpha value is -3.89. The van der Waals surface area contributed by atoms with Crippen LogP contribution in [0.15, 0.2) is 63.5 Å². The second-order valence-electron chi connectivity index (χ2n) is 8.30. The highest BCUT2D eigenvalue weighted by Crippen LogP contribution is 2.35. The highest BCUT2D eigenvalue weighted by Gasteiger charge is 2.34. The number of fused-ring (bicyclic) bond motifs is 1. The van der Waals surface area contributed by atoms with E-state index in [9.17, 15) is 14.4 Å². The zero-order valence-electron chi connectivity index (χ0n) is 21.9. The second-order valence-corrected chi connectivity index (χ2v) is 9.71. The SMILES string of the molecule is CCOC(=O)COc1c(/C=c2\sc3n(c2=O)[C@H](c2ccccc2Cl)C(C(=O)OCC)=C(C)N=3)cccc1OC. The number of hydrogen-bond donors (Lipinski definition) is 0. The standard InChI is InChI=1S/C28H27ClN2O7S/c1-5-36-22(32)15-38-25-17(10-9-13-20(25)35-4)14-21-26(33)31-24(18-11-7-8-12-19(18)29)23(27(34)37-6-2)16(3)30-28(31)39-21/h7-14,24H,5-6,15H2,1-4H3/b21-14-/t24-/m1/s1. The molecule has 4 rings (SSSR count). The fourth-order valence-electron chi connectivity index (χ4n) is 4.22. The van der Waals surface area contributed by atoms with Crippen LogP contribution >= 0.6 is 22.9 Å². The third-order valence-electron chi connectivity index (χ3n) is 5.87. The molecule has 0 radical (unpaired) electrons. The first kappa shape index (κ1) is 28.1. The van der Waals surface area contributed by atoms with E-state index in [0.29, 0.717) is 36.9 Å². The number of benzene rings is 2. The molecule has 2 aromatic carbocycles. The van der Waals surface area contributed by atoms with E-state index in [-0.39, 0.29) is 36.7 Å². The molecule has 2 heterocycles. The lowest BCUT2D eigenvalue weighted by Gasteiger charge is -2.25. The van der Waals surface area contributed by atoms with Gasteiger partial charge in [-0.3, -0.25) is 9.36 Å². The van der Waals surface area contributed by atoms with Crippen LogP contribution in [0.4, 0.5) is 0 Å². The van der Waals surface area contributed by atoms with Gasteiger partial charge in [-0.1, -0.05) is 53.3 Å². The molecule has 0 N–H and O–H groups in total. The number of para-hydroxylation sites is 1. The van der Waals surface area contributed by atoms with Gasteiger partial charge in [0, 0.05) is 10.6 Å². The van der Waals surface area contributed by atoms with E-state index in [1.807, 2.05) is 0 Å². The minimum absolute atomic E-state index is 0.166. The molecule has 1 atom stereocenters. The van der Waals surface area contributed by atoms with Gasteiger partial charge in [0.05, 0.1) is 36.1 Å². The summed E-state index contributed by atoms with van der Waals surface area (Å²) in [6, 6.07) is 11.4. The Kier molecular flexibility index (Phi) is 8.88. The van der Waals surface area contributed by atoms with Gasteiger partial charge in [-0.15, -0.1) is 0 Å². The van der Waals surface area contributed by atoms with Crippen molar-refractivity contribution in [2.75, 3.05) is 26.9 Å². The molecule has 0 aliphatic carbocycles. The monoisotopic (exact) mass is 570 g/mol. The van der Waals surface area contributed by atoms with Crippen LogP contribution in [0.25, 0.3) is 6.08 Å². The Bertz CT molecular complexity index is 1620. The molecule has 3 aromatic rings. The van der Waals surface area contributed by atoms with Gasteiger partial charge >= 0.3 is 11.9 Å². The number of carbonyl (C=O) groups excluding carboxylic acids is 2. The van der Waals surface area contributed by atoms with Crippen LogP contribution in [0, 0.1) is 0 Å². The average molecular weight is 571 g/mol. The van der Waals surface area contributed by atoms with Gasteiger partial charge in [-0.05, 0) is 44.5 Å². The van der Waals surface area contributed by atoms with Crippen molar-refractivity contribution in [3.8, 4) is 11.5 Å². The van der Waals surface area contributed by atoms with Crippen LogP contribution < -0.4 is 24.4 Å². The van der Waals surface area contributed by atoms with Gasteiger partial charge in [0.15, 0.2) is 22.9 Å². The molecule has 39 heavy (non-hydrogen) atoms. The number of ether oxygens (including phenoxy) is 4. The smallest absolute Gasteiger partial charge is 0.344 e. The minimum atomic E-state index is -0.832. The molecule has 0 bridgehead atoms. The first-order chi connectivity index (χ1) is 18.8. The highest BCUT2D eigenvalue weighted by molar-refractivity contribution is 7.07. The Labute approximate surface area is 233 Å². The summed E-state index contributed by atoms with van der Waals surface area (Å²) in [6.45, 7) is 5.18. The second kappa shape index (κ2) is 12.3. The highest BCUT2D eigenvalue weighted by atomic mass is 35.5. The van der Waals surface area contributed by atoms with Crippen molar-refractivity contribution in [2.24, 2.45) is 4.99 Å². The summed E-state index contributed by atoms with van der Waals surface area (Å²) >= 11 is 7.71. The Morgan fingerprint density at radius 3 is 2.54 bits per heavy atom. The van der Waals surface area contributed by atoms with Crippen LogP contribution in [0.2, 0.25) is 5.02 Å². The molecule has 0 saturated carbocycles. The Morgan fingerprint density at radius 1 is 1.10 bits per heavy atom. The van der Waals surface area contributed by atoms with Crippen molar-refractivity contribution in [3.63, 3.8) is 0 Å². The fourth-order valence-corrected chi connectivity index (χ4v) is 5.50. The maximum Gasteiger partial charge on any atom is 0.344 e.